The summed E-state index contributed by atoms with van der Waals surface area (Å²) in [6.07, 6.45) is 6.24. The molecular formula is C16H12O3. The number of hydrogen-bond acceptors (Lipinski definition) is 3. The number of rotatable bonds is 1. The van der Waals surface area contributed by atoms with Crippen LogP contribution in [0.2, 0.25) is 0 Å². The first kappa shape index (κ1) is 9.73. The Balaban J connectivity index is 1.78. The van der Waals surface area contributed by atoms with Crippen molar-refractivity contribution in [2.45, 2.75) is 24.2 Å². The largest absolute Gasteiger partial charge is 0.469 e. The van der Waals surface area contributed by atoms with Gasteiger partial charge in [-0.25, -0.2) is 0 Å². The second kappa shape index (κ2) is 3.23. The van der Waals surface area contributed by atoms with E-state index in [4.69, 9.17) is 13.3 Å². The van der Waals surface area contributed by atoms with Gasteiger partial charge in [0.2, 0.25) is 0 Å². The molecule has 0 saturated heterocycles. The molecule has 2 aliphatic rings. The lowest BCUT2D eigenvalue weighted by Gasteiger charge is -2.27. The molecule has 0 radical (unpaired) electrons. The first-order chi connectivity index (χ1) is 9.43. The molecule has 0 aliphatic heterocycles. The molecule has 2 bridgehead atoms. The van der Waals surface area contributed by atoms with E-state index in [0.29, 0.717) is 17.8 Å². The van der Waals surface area contributed by atoms with E-state index in [9.17, 15) is 0 Å². The van der Waals surface area contributed by atoms with Crippen LogP contribution >= 0.6 is 0 Å². The van der Waals surface area contributed by atoms with E-state index in [1.807, 2.05) is 6.07 Å². The van der Waals surface area contributed by atoms with Crippen molar-refractivity contribution < 1.29 is 13.3 Å². The van der Waals surface area contributed by atoms with Crippen molar-refractivity contribution in [1.82, 2.24) is 0 Å². The van der Waals surface area contributed by atoms with Crippen molar-refractivity contribution in [2.24, 2.45) is 0 Å². The van der Waals surface area contributed by atoms with Crippen LogP contribution in [-0.2, 0) is 6.42 Å². The third-order valence-corrected chi connectivity index (χ3v) is 4.58. The van der Waals surface area contributed by atoms with Crippen molar-refractivity contribution in [3.63, 3.8) is 0 Å². The topological polar surface area (TPSA) is 39.4 Å². The maximum atomic E-state index is 5.74. The summed E-state index contributed by atoms with van der Waals surface area (Å²) in [5.74, 6) is 4.25. The smallest absolute Gasteiger partial charge is 0.111 e. The third-order valence-electron chi connectivity index (χ3n) is 4.58. The average molecular weight is 252 g/mol. The van der Waals surface area contributed by atoms with Crippen LogP contribution in [0.15, 0.2) is 56.3 Å². The minimum Gasteiger partial charge on any atom is -0.469 e. The highest BCUT2D eigenvalue weighted by atomic mass is 16.3. The molecule has 94 valence electrons. The van der Waals surface area contributed by atoms with Crippen molar-refractivity contribution in [2.75, 3.05) is 0 Å². The van der Waals surface area contributed by atoms with Crippen LogP contribution in [-0.4, -0.2) is 0 Å². The molecule has 0 N–H and O–H groups in total. The molecule has 3 aromatic rings. The summed E-state index contributed by atoms with van der Waals surface area (Å²) in [4.78, 5) is 0. The molecule has 0 aromatic carbocycles. The van der Waals surface area contributed by atoms with Gasteiger partial charge < -0.3 is 13.3 Å². The Morgan fingerprint density at radius 1 is 0.895 bits per heavy atom. The molecule has 5 rings (SSSR count). The van der Waals surface area contributed by atoms with Crippen molar-refractivity contribution in [3.05, 3.63) is 71.5 Å². The van der Waals surface area contributed by atoms with Gasteiger partial charge in [-0.2, -0.15) is 0 Å². The van der Waals surface area contributed by atoms with E-state index < -0.39 is 0 Å². The maximum absolute atomic E-state index is 5.74. The van der Waals surface area contributed by atoms with Gasteiger partial charge in [0.05, 0.1) is 18.8 Å². The zero-order chi connectivity index (χ0) is 12.4. The van der Waals surface area contributed by atoms with Crippen LogP contribution in [0.4, 0.5) is 0 Å². The van der Waals surface area contributed by atoms with Crippen molar-refractivity contribution >= 4 is 0 Å². The molecule has 3 atom stereocenters. The summed E-state index contributed by atoms with van der Waals surface area (Å²) >= 11 is 0. The summed E-state index contributed by atoms with van der Waals surface area (Å²) in [6.45, 7) is 0. The Morgan fingerprint density at radius 2 is 1.79 bits per heavy atom. The van der Waals surface area contributed by atoms with Crippen molar-refractivity contribution in [1.29, 1.82) is 0 Å². The average Bonchev–Trinajstić information content (AvgIpc) is 3.17. The highest BCUT2D eigenvalue weighted by Gasteiger charge is 2.50. The molecule has 3 nitrogen and oxygen atoms in total. The second-order valence-corrected chi connectivity index (χ2v) is 5.37. The standard InChI is InChI=1S/C16H12O3/c1-2-12(17-5-1)15-11-8-13-9(3-6-18-13)14(15)10-4-7-19-16(10)11/h1-7,11,14-15H,8H2. The van der Waals surface area contributed by atoms with Gasteiger partial charge in [0.1, 0.15) is 17.3 Å². The zero-order valence-corrected chi connectivity index (χ0v) is 10.2. The first-order valence-corrected chi connectivity index (χ1v) is 6.60. The van der Waals surface area contributed by atoms with Gasteiger partial charge in [0.25, 0.3) is 0 Å². The minimum atomic E-state index is 0.312. The lowest BCUT2D eigenvalue weighted by atomic mass is 9.75. The van der Waals surface area contributed by atoms with Gasteiger partial charge in [0, 0.05) is 35.3 Å². The molecule has 3 aromatic heterocycles. The van der Waals surface area contributed by atoms with Crippen LogP contribution in [0.3, 0.4) is 0 Å². The number of furan rings is 3. The highest BCUT2D eigenvalue weighted by molar-refractivity contribution is 5.50. The van der Waals surface area contributed by atoms with Gasteiger partial charge in [0.15, 0.2) is 0 Å². The molecule has 19 heavy (non-hydrogen) atoms. The Labute approximate surface area is 109 Å². The van der Waals surface area contributed by atoms with E-state index in [-0.39, 0.29) is 0 Å². The normalized spacial score (nSPS) is 27.3. The highest BCUT2D eigenvalue weighted by Crippen LogP contribution is 2.60. The van der Waals surface area contributed by atoms with Crippen molar-refractivity contribution in [3.8, 4) is 0 Å². The summed E-state index contributed by atoms with van der Waals surface area (Å²) in [5.41, 5.74) is 2.59. The molecular weight excluding hydrogens is 240 g/mol. The lowest BCUT2D eigenvalue weighted by Crippen LogP contribution is -2.19. The molecule has 2 aliphatic carbocycles. The minimum absolute atomic E-state index is 0.312. The van der Waals surface area contributed by atoms with E-state index in [2.05, 4.69) is 18.2 Å². The summed E-state index contributed by atoms with van der Waals surface area (Å²) in [7, 11) is 0. The third kappa shape index (κ3) is 1.09. The molecule has 0 fully saturated rings. The van der Waals surface area contributed by atoms with Crippen LogP contribution < -0.4 is 0 Å². The fourth-order valence-corrected chi connectivity index (χ4v) is 3.90. The van der Waals surface area contributed by atoms with Gasteiger partial charge in [-0.3, -0.25) is 0 Å². The van der Waals surface area contributed by atoms with E-state index in [1.54, 1.807) is 18.8 Å². The Bertz CT molecular complexity index is 721. The monoisotopic (exact) mass is 252 g/mol. The Morgan fingerprint density at radius 3 is 2.68 bits per heavy atom. The van der Waals surface area contributed by atoms with Crippen LogP contribution in [0.1, 0.15) is 46.2 Å². The summed E-state index contributed by atoms with van der Waals surface area (Å²) in [5, 5.41) is 0. The van der Waals surface area contributed by atoms with Crippen LogP contribution in [0, 0.1) is 0 Å². The SMILES string of the molecule is c1coc(C2C3Cc4occc4C2c2ccoc23)c1. The molecule has 3 heteroatoms. The predicted molar refractivity (Wildman–Crippen MR) is 67.2 cm³/mol. The molecule has 3 unspecified atom stereocenters. The fraction of sp³-hybridized carbons (Fsp3) is 0.250. The fourth-order valence-electron chi connectivity index (χ4n) is 3.90. The Hall–Kier alpha value is -2.16. The van der Waals surface area contributed by atoms with Gasteiger partial charge >= 0.3 is 0 Å². The zero-order valence-electron chi connectivity index (χ0n) is 10.2. The maximum Gasteiger partial charge on any atom is 0.111 e. The molecule has 0 spiro atoms. The van der Waals surface area contributed by atoms with E-state index in [0.717, 1.165) is 23.7 Å². The number of hydrogen-bond donors (Lipinski definition) is 0. The van der Waals surface area contributed by atoms with E-state index >= 15 is 0 Å². The summed E-state index contributed by atoms with van der Waals surface area (Å²) < 4.78 is 17.0. The van der Waals surface area contributed by atoms with Crippen LogP contribution in [0.25, 0.3) is 0 Å². The van der Waals surface area contributed by atoms with Gasteiger partial charge in [-0.1, -0.05) is 0 Å². The predicted octanol–water partition coefficient (Wildman–Crippen LogP) is 4.03. The number of fused-ring (bicyclic) bond motifs is 7. The molecule has 0 amide bonds. The first-order valence-electron chi connectivity index (χ1n) is 6.60. The summed E-state index contributed by atoms with van der Waals surface area (Å²) in [6, 6.07) is 8.22. The molecule has 0 saturated carbocycles. The van der Waals surface area contributed by atoms with E-state index in [1.165, 1.54) is 11.1 Å². The van der Waals surface area contributed by atoms with Gasteiger partial charge in [-0.05, 0) is 24.3 Å². The molecule has 3 heterocycles. The van der Waals surface area contributed by atoms with Crippen LogP contribution in [0.5, 0.6) is 0 Å². The second-order valence-electron chi connectivity index (χ2n) is 5.37. The lowest BCUT2D eigenvalue weighted by molar-refractivity contribution is 0.344. The van der Waals surface area contributed by atoms with Gasteiger partial charge in [-0.15, -0.1) is 0 Å². The Kier molecular flexibility index (Phi) is 1.66. The quantitative estimate of drug-likeness (QED) is 0.656.